The van der Waals surface area contributed by atoms with Crippen LogP contribution in [0.1, 0.15) is 6.92 Å². The normalized spacial score (nSPS) is 13.1. The van der Waals surface area contributed by atoms with Crippen LogP contribution in [0.4, 0.5) is 0 Å². The van der Waals surface area contributed by atoms with Crippen molar-refractivity contribution in [3.05, 3.63) is 18.2 Å². The molecular weight excluding hydrogens is 286 g/mol. The molecule has 0 saturated heterocycles. The molecule has 0 aromatic heterocycles. The second kappa shape index (κ2) is 8.99. The molecule has 1 aromatic rings. The number of nitrogens with one attached hydrogen (secondary N) is 2. The first kappa shape index (κ1) is 16.2. The molecule has 0 bridgehead atoms. The van der Waals surface area contributed by atoms with Crippen LogP contribution in [0.2, 0.25) is 0 Å². The van der Waals surface area contributed by atoms with Gasteiger partial charge in [0.1, 0.15) is 12.4 Å². The molecule has 1 heterocycles. The van der Waals surface area contributed by atoms with Gasteiger partial charge in [0.2, 0.25) is 6.79 Å². The Labute approximate surface area is 130 Å². The maximum absolute atomic E-state index is 5.66. The lowest BCUT2D eigenvalue weighted by Gasteiger charge is -2.12. The van der Waals surface area contributed by atoms with Crippen molar-refractivity contribution in [1.29, 1.82) is 0 Å². The molecule has 1 aliphatic rings. The molecule has 0 amide bonds. The zero-order chi connectivity index (χ0) is 15.6. The van der Waals surface area contributed by atoms with Gasteiger partial charge in [-0.05, 0) is 19.1 Å². The van der Waals surface area contributed by atoms with E-state index in [4.69, 9.17) is 18.9 Å². The zero-order valence-electron chi connectivity index (χ0n) is 13.1. The Hall–Kier alpha value is -2.15. The van der Waals surface area contributed by atoms with Crippen molar-refractivity contribution in [3.8, 4) is 17.2 Å². The molecule has 1 aromatic carbocycles. The highest BCUT2D eigenvalue weighted by molar-refractivity contribution is 5.79. The summed E-state index contributed by atoms with van der Waals surface area (Å²) in [4.78, 5) is 4.12. The van der Waals surface area contributed by atoms with Gasteiger partial charge in [0.25, 0.3) is 0 Å². The Balaban J connectivity index is 1.63. The van der Waals surface area contributed by atoms with Gasteiger partial charge in [-0.3, -0.25) is 4.99 Å². The van der Waals surface area contributed by atoms with Gasteiger partial charge in [0.05, 0.1) is 13.2 Å². The summed E-state index contributed by atoms with van der Waals surface area (Å²) in [6, 6.07) is 5.54. The third kappa shape index (κ3) is 5.00. The molecule has 1 aliphatic heterocycles. The second-order valence-corrected chi connectivity index (χ2v) is 4.49. The Kier molecular flexibility index (Phi) is 6.63. The Morgan fingerprint density at radius 2 is 1.95 bits per heavy atom. The van der Waals surface area contributed by atoms with Gasteiger partial charge in [0, 0.05) is 26.3 Å². The zero-order valence-corrected chi connectivity index (χ0v) is 13.1. The number of aliphatic imine (C=N–C) groups is 1. The summed E-state index contributed by atoms with van der Waals surface area (Å²) in [7, 11) is 1.73. The van der Waals surface area contributed by atoms with Crippen molar-refractivity contribution >= 4 is 5.96 Å². The molecule has 0 unspecified atom stereocenters. The van der Waals surface area contributed by atoms with Gasteiger partial charge in [-0.15, -0.1) is 0 Å². The summed E-state index contributed by atoms with van der Waals surface area (Å²) >= 11 is 0. The summed E-state index contributed by atoms with van der Waals surface area (Å²) in [6.07, 6.45) is 0. The third-order valence-electron chi connectivity index (χ3n) is 2.97. The fraction of sp³-hybridized carbons (Fsp3) is 0.533. The molecule has 0 radical (unpaired) electrons. The molecule has 0 atom stereocenters. The highest BCUT2D eigenvalue weighted by Crippen LogP contribution is 2.34. The summed E-state index contributed by atoms with van der Waals surface area (Å²) in [5, 5.41) is 6.33. The van der Waals surface area contributed by atoms with Crippen molar-refractivity contribution in [2.24, 2.45) is 4.99 Å². The van der Waals surface area contributed by atoms with Crippen LogP contribution in [0.25, 0.3) is 0 Å². The number of nitrogens with zero attached hydrogens (tertiary/aromatic N) is 1. The smallest absolute Gasteiger partial charge is 0.231 e. The quantitative estimate of drug-likeness (QED) is 0.424. The highest BCUT2D eigenvalue weighted by atomic mass is 16.7. The first-order valence-electron chi connectivity index (χ1n) is 7.38. The van der Waals surface area contributed by atoms with Crippen LogP contribution in [0.3, 0.4) is 0 Å². The monoisotopic (exact) mass is 309 g/mol. The largest absolute Gasteiger partial charge is 0.492 e. The van der Waals surface area contributed by atoms with Gasteiger partial charge < -0.3 is 29.6 Å². The summed E-state index contributed by atoms with van der Waals surface area (Å²) in [5.41, 5.74) is 0. The lowest BCUT2D eigenvalue weighted by atomic mass is 10.3. The van der Waals surface area contributed by atoms with Crippen molar-refractivity contribution < 1.29 is 18.9 Å². The molecular formula is C15H23N3O4. The van der Waals surface area contributed by atoms with Gasteiger partial charge >= 0.3 is 0 Å². The van der Waals surface area contributed by atoms with Gasteiger partial charge in [-0.25, -0.2) is 0 Å². The number of hydrogen-bond acceptors (Lipinski definition) is 5. The number of guanidine groups is 1. The molecule has 2 N–H and O–H groups in total. The number of ether oxygens (including phenoxy) is 4. The fourth-order valence-corrected chi connectivity index (χ4v) is 1.91. The van der Waals surface area contributed by atoms with E-state index >= 15 is 0 Å². The average Bonchev–Trinajstić information content (AvgIpc) is 3.01. The first-order chi connectivity index (χ1) is 10.8. The van der Waals surface area contributed by atoms with E-state index in [1.807, 2.05) is 25.1 Å². The van der Waals surface area contributed by atoms with Gasteiger partial charge in [0.15, 0.2) is 17.5 Å². The van der Waals surface area contributed by atoms with Crippen LogP contribution in [0, 0.1) is 0 Å². The molecule has 7 heteroatoms. The van der Waals surface area contributed by atoms with Crippen LogP contribution in [-0.4, -0.2) is 52.7 Å². The van der Waals surface area contributed by atoms with Crippen molar-refractivity contribution in [2.75, 3.05) is 46.8 Å². The molecule has 0 aliphatic carbocycles. The second-order valence-electron chi connectivity index (χ2n) is 4.49. The number of benzene rings is 1. The molecule has 0 saturated carbocycles. The minimum Gasteiger partial charge on any atom is -0.492 e. The predicted molar refractivity (Wildman–Crippen MR) is 83.9 cm³/mol. The van der Waals surface area contributed by atoms with E-state index in [-0.39, 0.29) is 6.79 Å². The number of fused-ring (bicyclic) bond motifs is 1. The molecule has 7 nitrogen and oxygen atoms in total. The van der Waals surface area contributed by atoms with E-state index in [0.717, 1.165) is 36.4 Å². The standard InChI is InChI=1S/C15H23N3O4/c1-3-19-8-6-17-15(16-2)18-7-9-20-12-4-5-13-14(10-12)22-11-21-13/h4-5,10H,3,6-9,11H2,1-2H3,(H2,16,17,18). The average molecular weight is 309 g/mol. The maximum atomic E-state index is 5.66. The van der Waals surface area contributed by atoms with E-state index in [2.05, 4.69) is 15.6 Å². The Morgan fingerprint density at radius 3 is 2.73 bits per heavy atom. The Bertz CT molecular complexity index is 494. The van der Waals surface area contributed by atoms with E-state index in [1.54, 1.807) is 7.05 Å². The highest BCUT2D eigenvalue weighted by Gasteiger charge is 2.13. The SMILES string of the molecule is CCOCCNC(=NC)NCCOc1ccc2c(c1)OCO2. The van der Waals surface area contributed by atoms with E-state index in [1.165, 1.54) is 0 Å². The first-order valence-corrected chi connectivity index (χ1v) is 7.38. The van der Waals surface area contributed by atoms with E-state index < -0.39 is 0 Å². The lowest BCUT2D eigenvalue weighted by molar-refractivity contribution is 0.152. The number of hydrogen-bond donors (Lipinski definition) is 2. The van der Waals surface area contributed by atoms with Crippen molar-refractivity contribution in [3.63, 3.8) is 0 Å². The van der Waals surface area contributed by atoms with Crippen LogP contribution < -0.4 is 24.8 Å². The van der Waals surface area contributed by atoms with Crippen LogP contribution >= 0.6 is 0 Å². The minimum atomic E-state index is 0.268. The summed E-state index contributed by atoms with van der Waals surface area (Å²) < 4.78 is 21.5. The van der Waals surface area contributed by atoms with E-state index in [0.29, 0.717) is 19.8 Å². The summed E-state index contributed by atoms with van der Waals surface area (Å²) in [6.45, 7) is 5.50. The predicted octanol–water partition coefficient (Wildman–Crippen LogP) is 0.996. The van der Waals surface area contributed by atoms with Crippen molar-refractivity contribution in [1.82, 2.24) is 10.6 Å². The minimum absolute atomic E-state index is 0.268. The maximum Gasteiger partial charge on any atom is 0.231 e. The molecule has 22 heavy (non-hydrogen) atoms. The van der Waals surface area contributed by atoms with E-state index in [9.17, 15) is 0 Å². The molecule has 122 valence electrons. The molecule has 2 rings (SSSR count). The van der Waals surface area contributed by atoms with Crippen LogP contribution in [0.15, 0.2) is 23.2 Å². The Morgan fingerprint density at radius 1 is 1.18 bits per heavy atom. The van der Waals surface area contributed by atoms with Crippen molar-refractivity contribution in [2.45, 2.75) is 6.92 Å². The third-order valence-corrected chi connectivity index (χ3v) is 2.97. The van der Waals surface area contributed by atoms with Gasteiger partial charge in [-0.2, -0.15) is 0 Å². The van der Waals surface area contributed by atoms with Crippen LogP contribution in [0.5, 0.6) is 17.2 Å². The molecule has 0 spiro atoms. The lowest BCUT2D eigenvalue weighted by Crippen LogP contribution is -2.40. The fourth-order valence-electron chi connectivity index (χ4n) is 1.91. The topological polar surface area (TPSA) is 73.3 Å². The molecule has 0 fully saturated rings. The summed E-state index contributed by atoms with van der Waals surface area (Å²) in [5.74, 6) is 2.96. The number of rotatable bonds is 8. The van der Waals surface area contributed by atoms with Crippen LogP contribution in [-0.2, 0) is 4.74 Å². The van der Waals surface area contributed by atoms with Gasteiger partial charge in [-0.1, -0.05) is 0 Å².